The average Bonchev–Trinajstić information content (AvgIpc) is 3.46. The average molecular weight is 465 g/mol. The minimum Gasteiger partial charge on any atom is -0.300 e. The lowest BCUT2D eigenvalue weighted by Gasteiger charge is -2.10. The molecule has 4 aromatic rings. The highest BCUT2D eigenvalue weighted by Crippen LogP contribution is 2.28. The number of aromatic nitrogens is 5. The van der Waals surface area contributed by atoms with E-state index in [4.69, 9.17) is 0 Å². The number of amides is 1. The number of anilines is 1. The Bertz CT molecular complexity index is 1140. The molecule has 0 aliphatic rings. The fraction of sp³-hybridized carbons (Fsp3) is 0.261. The van der Waals surface area contributed by atoms with Crippen LogP contribution in [0.2, 0.25) is 0 Å². The Kier molecular flexibility index (Phi) is 7.63. The molecule has 32 heavy (non-hydrogen) atoms. The molecular formula is C23H24N6OS2. The molecule has 0 spiro atoms. The molecular weight excluding hydrogens is 440 g/mol. The summed E-state index contributed by atoms with van der Waals surface area (Å²) in [4.78, 5) is 12.5. The van der Waals surface area contributed by atoms with E-state index >= 15 is 0 Å². The van der Waals surface area contributed by atoms with Gasteiger partial charge in [-0.2, -0.15) is 0 Å². The molecule has 0 unspecified atom stereocenters. The Morgan fingerprint density at radius 3 is 2.47 bits per heavy atom. The fourth-order valence-electron chi connectivity index (χ4n) is 3.16. The normalized spacial score (nSPS) is 10.9. The third kappa shape index (κ3) is 5.60. The van der Waals surface area contributed by atoms with Crippen LogP contribution in [-0.4, -0.2) is 36.6 Å². The summed E-state index contributed by atoms with van der Waals surface area (Å²) in [5, 5.41) is 22.0. The van der Waals surface area contributed by atoms with Crippen LogP contribution in [0.5, 0.6) is 0 Å². The number of hydrogen-bond donors (Lipinski definition) is 1. The van der Waals surface area contributed by atoms with Crippen LogP contribution in [0, 0.1) is 0 Å². The molecule has 9 heteroatoms. The summed E-state index contributed by atoms with van der Waals surface area (Å²) in [5.74, 6) is 0.792. The molecule has 7 nitrogen and oxygen atoms in total. The van der Waals surface area contributed by atoms with Gasteiger partial charge in [0.2, 0.25) is 11.0 Å². The van der Waals surface area contributed by atoms with Crippen molar-refractivity contribution in [3.8, 4) is 17.1 Å². The van der Waals surface area contributed by atoms with Crippen LogP contribution < -0.4 is 5.32 Å². The first-order valence-corrected chi connectivity index (χ1v) is 12.4. The number of carbonyl (C=O) groups is 1. The van der Waals surface area contributed by atoms with E-state index in [1.165, 1.54) is 35.9 Å². The van der Waals surface area contributed by atoms with E-state index in [-0.39, 0.29) is 11.7 Å². The lowest BCUT2D eigenvalue weighted by Crippen LogP contribution is -2.14. The van der Waals surface area contributed by atoms with Crippen LogP contribution in [0.25, 0.3) is 17.1 Å². The maximum absolute atomic E-state index is 12.5. The first-order chi connectivity index (χ1) is 15.7. The van der Waals surface area contributed by atoms with Gasteiger partial charge in [-0.1, -0.05) is 91.4 Å². The van der Waals surface area contributed by atoms with Crippen molar-refractivity contribution in [3.05, 3.63) is 65.7 Å². The number of nitrogens with one attached hydrogen (secondary N) is 1. The summed E-state index contributed by atoms with van der Waals surface area (Å²) < 4.78 is 1.98. The third-order valence-electron chi connectivity index (χ3n) is 4.72. The summed E-state index contributed by atoms with van der Waals surface area (Å²) in [6, 6.07) is 19.8. The molecule has 2 aromatic heterocycles. The van der Waals surface area contributed by atoms with Crippen molar-refractivity contribution in [2.45, 2.75) is 37.8 Å². The Morgan fingerprint density at radius 1 is 0.969 bits per heavy atom. The highest BCUT2D eigenvalue weighted by atomic mass is 32.2. The van der Waals surface area contributed by atoms with E-state index in [1.54, 1.807) is 0 Å². The smallest absolute Gasteiger partial charge is 0.236 e. The minimum atomic E-state index is -0.143. The zero-order valence-corrected chi connectivity index (χ0v) is 19.4. The maximum Gasteiger partial charge on any atom is 0.236 e. The Hall–Kier alpha value is -3.04. The molecule has 0 fully saturated rings. The number of para-hydroxylation sites is 1. The van der Waals surface area contributed by atoms with E-state index in [0.29, 0.717) is 10.3 Å². The minimum absolute atomic E-state index is 0.143. The van der Waals surface area contributed by atoms with Gasteiger partial charge in [-0.15, -0.1) is 20.4 Å². The zero-order chi connectivity index (χ0) is 22.2. The second-order valence-electron chi connectivity index (χ2n) is 7.14. The van der Waals surface area contributed by atoms with Gasteiger partial charge in [0.05, 0.1) is 5.75 Å². The van der Waals surface area contributed by atoms with Gasteiger partial charge in [0.25, 0.3) is 0 Å². The fourth-order valence-corrected chi connectivity index (χ4v) is 4.71. The molecule has 0 aliphatic carbocycles. The zero-order valence-electron chi connectivity index (χ0n) is 17.8. The molecule has 0 saturated heterocycles. The number of aryl methyl sites for hydroxylation is 1. The number of benzene rings is 2. The largest absolute Gasteiger partial charge is 0.300 e. The molecule has 1 N–H and O–H groups in total. The Balaban J connectivity index is 1.45. The van der Waals surface area contributed by atoms with E-state index in [9.17, 15) is 4.79 Å². The van der Waals surface area contributed by atoms with Gasteiger partial charge in [0.1, 0.15) is 5.01 Å². The SMILES string of the molecule is CCCCCc1nnc(NC(=O)CSc2nnc(-c3ccccc3)n2-c2ccccc2)s1. The van der Waals surface area contributed by atoms with Gasteiger partial charge in [-0.05, 0) is 18.6 Å². The Morgan fingerprint density at radius 2 is 1.72 bits per heavy atom. The van der Waals surface area contributed by atoms with Crippen molar-refractivity contribution in [2.24, 2.45) is 0 Å². The number of nitrogens with zero attached hydrogens (tertiary/aromatic N) is 5. The van der Waals surface area contributed by atoms with Crippen molar-refractivity contribution in [2.75, 3.05) is 11.1 Å². The molecule has 4 rings (SSSR count). The molecule has 1 amide bonds. The molecule has 2 aromatic carbocycles. The molecule has 0 radical (unpaired) electrons. The van der Waals surface area contributed by atoms with Crippen LogP contribution in [0.1, 0.15) is 31.2 Å². The van der Waals surface area contributed by atoms with Gasteiger partial charge in [0.15, 0.2) is 11.0 Å². The second-order valence-corrected chi connectivity index (χ2v) is 9.14. The van der Waals surface area contributed by atoms with Gasteiger partial charge in [-0.25, -0.2) is 0 Å². The van der Waals surface area contributed by atoms with Gasteiger partial charge < -0.3 is 0 Å². The van der Waals surface area contributed by atoms with Crippen molar-refractivity contribution in [1.29, 1.82) is 0 Å². The third-order valence-corrected chi connectivity index (χ3v) is 6.55. The summed E-state index contributed by atoms with van der Waals surface area (Å²) in [6.45, 7) is 2.17. The number of carbonyl (C=O) groups excluding carboxylic acids is 1. The highest BCUT2D eigenvalue weighted by Gasteiger charge is 2.17. The molecule has 0 bridgehead atoms. The summed E-state index contributed by atoms with van der Waals surface area (Å²) in [6.07, 6.45) is 4.33. The van der Waals surface area contributed by atoms with Crippen LogP contribution >= 0.6 is 23.1 Å². The lowest BCUT2D eigenvalue weighted by molar-refractivity contribution is -0.113. The van der Waals surface area contributed by atoms with Gasteiger partial charge in [-0.3, -0.25) is 14.7 Å². The number of unbranched alkanes of at least 4 members (excludes halogenated alkanes) is 2. The van der Waals surface area contributed by atoms with Crippen molar-refractivity contribution in [1.82, 2.24) is 25.0 Å². The van der Waals surface area contributed by atoms with Crippen molar-refractivity contribution in [3.63, 3.8) is 0 Å². The molecule has 164 valence electrons. The molecule has 0 atom stereocenters. The topological polar surface area (TPSA) is 85.6 Å². The van der Waals surface area contributed by atoms with Crippen molar-refractivity contribution < 1.29 is 4.79 Å². The predicted octanol–water partition coefficient (Wildman–Crippen LogP) is 5.25. The lowest BCUT2D eigenvalue weighted by atomic mass is 10.2. The molecule has 0 saturated carbocycles. The first-order valence-electron chi connectivity index (χ1n) is 10.6. The van der Waals surface area contributed by atoms with Crippen LogP contribution in [0.15, 0.2) is 65.8 Å². The standard InChI is InChI=1S/C23H24N6OS2/c1-2-3-6-15-20-25-27-22(32-20)24-19(30)16-31-23-28-26-21(17-11-7-4-8-12-17)29(23)18-13-9-5-10-14-18/h4-5,7-14H,2-3,6,15-16H2,1H3,(H,24,27,30). The van der Waals surface area contributed by atoms with E-state index in [1.807, 2.05) is 65.2 Å². The van der Waals surface area contributed by atoms with Crippen LogP contribution in [0.4, 0.5) is 5.13 Å². The van der Waals surface area contributed by atoms with Gasteiger partial charge >= 0.3 is 0 Å². The number of rotatable bonds is 10. The summed E-state index contributed by atoms with van der Waals surface area (Å²) in [5.41, 5.74) is 1.91. The Labute approximate surface area is 195 Å². The number of hydrogen-bond acceptors (Lipinski definition) is 7. The first kappa shape index (κ1) is 22.2. The van der Waals surface area contributed by atoms with Crippen LogP contribution in [0.3, 0.4) is 0 Å². The van der Waals surface area contributed by atoms with E-state index in [2.05, 4.69) is 32.6 Å². The van der Waals surface area contributed by atoms with Crippen molar-refractivity contribution >= 4 is 34.1 Å². The molecule has 2 heterocycles. The quantitative estimate of drug-likeness (QED) is 0.255. The maximum atomic E-state index is 12.5. The predicted molar refractivity (Wildman–Crippen MR) is 129 cm³/mol. The number of thioether (sulfide) groups is 1. The van der Waals surface area contributed by atoms with Gasteiger partial charge in [0, 0.05) is 17.7 Å². The van der Waals surface area contributed by atoms with E-state index in [0.717, 1.165) is 34.9 Å². The second kappa shape index (κ2) is 11.0. The highest BCUT2D eigenvalue weighted by molar-refractivity contribution is 7.99. The monoisotopic (exact) mass is 464 g/mol. The van der Waals surface area contributed by atoms with E-state index < -0.39 is 0 Å². The van der Waals surface area contributed by atoms with Crippen LogP contribution in [-0.2, 0) is 11.2 Å². The summed E-state index contributed by atoms with van der Waals surface area (Å²) >= 11 is 2.78. The summed E-state index contributed by atoms with van der Waals surface area (Å²) in [7, 11) is 0. The molecule has 0 aliphatic heterocycles.